The number of benzene rings is 1. The molecule has 1 atom stereocenters. The van der Waals surface area contributed by atoms with E-state index in [1.807, 2.05) is 32.0 Å². The van der Waals surface area contributed by atoms with Crippen LogP contribution in [0.4, 0.5) is 0 Å². The number of carbonyl (C=O) groups excluding carboxylic acids is 1. The molecule has 0 N–H and O–H groups in total. The SMILES string of the molecule is CC(=O)OC(C)c1ccc2nc(C)sc2c1. The van der Waals surface area contributed by atoms with Gasteiger partial charge in [-0.05, 0) is 31.5 Å². The van der Waals surface area contributed by atoms with Crippen LogP contribution in [0.5, 0.6) is 0 Å². The molecule has 84 valence electrons. The standard InChI is InChI=1S/C12H13NO2S/c1-7(15-9(3)14)10-4-5-11-12(6-10)16-8(2)13-11/h4-7H,1-3H3. The van der Waals surface area contributed by atoms with Gasteiger partial charge in [-0.25, -0.2) is 4.98 Å². The maximum atomic E-state index is 10.9. The van der Waals surface area contributed by atoms with E-state index >= 15 is 0 Å². The molecular weight excluding hydrogens is 222 g/mol. The average molecular weight is 235 g/mol. The van der Waals surface area contributed by atoms with Gasteiger partial charge < -0.3 is 4.74 Å². The zero-order valence-electron chi connectivity index (χ0n) is 9.48. The molecule has 3 nitrogen and oxygen atoms in total. The zero-order chi connectivity index (χ0) is 11.7. The predicted octanol–water partition coefficient (Wildman–Crippen LogP) is 3.23. The Balaban J connectivity index is 2.34. The molecular formula is C12H13NO2S. The van der Waals surface area contributed by atoms with Crippen LogP contribution in [0.25, 0.3) is 10.2 Å². The first-order valence-corrected chi connectivity index (χ1v) is 5.92. The van der Waals surface area contributed by atoms with Gasteiger partial charge >= 0.3 is 5.97 Å². The van der Waals surface area contributed by atoms with Crippen LogP contribution in [0.2, 0.25) is 0 Å². The summed E-state index contributed by atoms with van der Waals surface area (Å²) in [6, 6.07) is 5.96. The third-order valence-corrected chi connectivity index (χ3v) is 3.27. The highest BCUT2D eigenvalue weighted by molar-refractivity contribution is 7.18. The van der Waals surface area contributed by atoms with Crippen molar-refractivity contribution in [1.82, 2.24) is 4.98 Å². The van der Waals surface area contributed by atoms with Gasteiger partial charge in [0.1, 0.15) is 6.10 Å². The van der Waals surface area contributed by atoms with Gasteiger partial charge in [-0.3, -0.25) is 4.79 Å². The number of esters is 1. The number of aryl methyl sites for hydroxylation is 1. The average Bonchev–Trinajstić information content (AvgIpc) is 2.55. The van der Waals surface area contributed by atoms with Gasteiger partial charge in [0.05, 0.1) is 15.2 Å². The first-order chi connectivity index (χ1) is 7.56. The highest BCUT2D eigenvalue weighted by Gasteiger charge is 2.10. The van der Waals surface area contributed by atoms with Gasteiger partial charge in [-0.1, -0.05) is 6.07 Å². The van der Waals surface area contributed by atoms with Crippen LogP contribution in [0.1, 0.15) is 30.5 Å². The molecule has 4 heteroatoms. The molecule has 0 saturated carbocycles. The summed E-state index contributed by atoms with van der Waals surface area (Å²) in [6.07, 6.45) is -0.204. The quantitative estimate of drug-likeness (QED) is 0.750. The smallest absolute Gasteiger partial charge is 0.303 e. The molecule has 0 bridgehead atoms. The van der Waals surface area contributed by atoms with Gasteiger partial charge in [0.15, 0.2) is 0 Å². The Morgan fingerprint density at radius 2 is 2.25 bits per heavy atom. The molecule has 0 spiro atoms. The van der Waals surface area contributed by atoms with Crippen molar-refractivity contribution < 1.29 is 9.53 Å². The van der Waals surface area contributed by atoms with Crippen molar-refractivity contribution in [2.45, 2.75) is 26.9 Å². The number of aromatic nitrogens is 1. The van der Waals surface area contributed by atoms with Gasteiger partial charge in [0.25, 0.3) is 0 Å². The minimum Gasteiger partial charge on any atom is -0.458 e. The Morgan fingerprint density at radius 1 is 1.50 bits per heavy atom. The largest absolute Gasteiger partial charge is 0.458 e. The summed E-state index contributed by atoms with van der Waals surface area (Å²) in [6.45, 7) is 5.28. The van der Waals surface area contributed by atoms with Crippen molar-refractivity contribution in [2.75, 3.05) is 0 Å². The van der Waals surface area contributed by atoms with E-state index in [1.165, 1.54) is 6.92 Å². The molecule has 0 radical (unpaired) electrons. The van der Waals surface area contributed by atoms with Crippen LogP contribution < -0.4 is 0 Å². The number of hydrogen-bond donors (Lipinski definition) is 0. The molecule has 0 aliphatic heterocycles. The molecule has 0 aliphatic rings. The number of fused-ring (bicyclic) bond motifs is 1. The summed E-state index contributed by atoms with van der Waals surface area (Å²) in [7, 11) is 0. The third kappa shape index (κ3) is 2.22. The van der Waals surface area contributed by atoms with E-state index < -0.39 is 0 Å². The Morgan fingerprint density at radius 3 is 2.94 bits per heavy atom. The molecule has 1 aromatic heterocycles. The van der Waals surface area contributed by atoms with Crippen LogP contribution in [0.3, 0.4) is 0 Å². The number of rotatable bonds is 2. The van der Waals surface area contributed by atoms with E-state index in [9.17, 15) is 4.79 Å². The van der Waals surface area contributed by atoms with E-state index in [0.29, 0.717) is 0 Å². The van der Waals surface area contributed by atoms with Crippen LogP contribution in [-0.4, -0.2) is 11.0 Å². The minimum absolute atomic E-state index is 0.204. The van der Waals surface area contributed by atoms with Gasteiger partial charge in [-0.15, -0.1) is 11.3 Å². The first kappa shape index (κ1) is 11.1. The first-order valence-electron chi connectivity index (χ1n) is 5.10. The van der Waals surface area contributed by atoms with E-state index in [1.54, 1.807) is 11.3 Å². The van der Waals surface area contributed by atoms with Gasteiger partial charge in [0.2, 0.25) is 0 Å². The van der Waals surface area contributed by atoms with Gasteiger partial charge in [-0.2, -0.15) is 0 Å². The normalized spacial score (nSPS) is 12.7. The van der Waals surface area contributed by atoms with E-state index in [-0.39, 0.29) is 12.1 Å². The number of hydrogen-bond acceptors (Lipinski definition) is 4. The van der Waals surface area contributed by atoms with Gasteiger partial charge in [0, 0.05) is 6.92 Å². The highest BCUT2D eigenvalue weighted by atomic mass is 32.1. The molecule has 2 rings (SSSR count). The monoisotopic (exact) mass is 235 g/mol. The van der Waals surface area contributed by atoms with Crippen molar-refractivity contribution in [3.8, 4) is 0 Å². The third-order valence-electron chi connectivity index (χ3n) is 2.33. The molecule has 0 fully saturated rings. The van der Waals surface area contributed by atoms with Crippen molar-refractivity contribution in [3.05, 3.63) is 28.8 Å². The molecule has 1 heterocycles. The lowest BCUT2D eigenvalue weighted by Gasteiger charge is -2.11. The lowest BCUT2D eigenvalue weighted by Crippen LogP contribution is -2.04. The van der Waals surface area contributed by atoms with E-state index in [0.717, 1.165) is 20.8 Å². The number of ether oxygens (including phenoxy) is 1. The molecule has 1 unspecified atom stereocenters. The molecule has 0 aliphatic carbocycles. The lowest BCUT2D eigenvalue weighted by molar-refractivity contribution is -0.145. The van der Waals surface area contributed by atoms with Crippen LogP contribution in [0, 0.1) is 6.92 Å². The number of nitrogens with zero attached hydrogens (tertiary/aromatic N) is 1. The lowest BCUT2D eigenvalue weighted by atomic mass is 10.1. The Labute approximate surface area is 98.1 Å². The van der Waals surface area contributed by atoms with Crippen molar-refractivity contribution >= 4 is 27.5 Å². The van der Waals surface area contributed by atoms with Crippen molar-refractivity contribution in [1.29, 1.82) is 0 Å². The summed E-state index contributed by atoms with van der Waals surface area (Å²) in [5.74, 6) is -0.256. The fourth-order valence-electron chi connectivity index (χ4n) is 1.63. The topological polar surface area (TPSA) is 39.2 Å². The summed E-state index contributed by atoms with van der Waals surface area (Å²) in [5.41, 5.74) is 2.01. The maximum absolute atomic E-state index is 10.9. The van der Waals surface area contributed by atoms with Crippen molar-refractivity contribution in [2.24, 2.45) is 0 Å². The molecule has 0 saturated heterocycles. The fourth-order valence-corrected chi connectivity index (χ4v) is 2.50. The molecule has 2 aromatic rings. The summed E-state index contributed by atoms with van der Waals surface area (Å²) < 4.78 is 6.27. The number of thiazole rings is 1. The molecule has 1 aromatic carbocycles. The summed E-state index contributed by atoms with van der Waals surface area (Å²) in [4.78, 5) is 15.2. The minimum atomic E-state index is -0.256. The van der Waals surface area contributed by atoms with E-state index in [2.05, 4.69) is 4.98 Å². The zero-order valence-corrected chi connectivity index (χ0v) is 10.3. The summed E-state index contributed by atoms with van der Waals surface area (Å²) >= 11 is 1.65. The maximum Gasteiger partial charge on any atom is 0.303 e. The second-order valence-electron chi connectivity index (χ2n) is 3.71. The van der Waals surface area contributed by atoms with Crippen molar-refractivity contribution in [3.63, 3.8) is 0 Å². The Kier molecular flexibility index (Phi) is 2.92. The second kappa shape index (κ2) is 4.22. The summed E-state index contributed by atoms with van der Waals surface area (Å²) in [5, 5.41) is 1.05. The predicted molar refractivity (Wildman–Crippen MR) is 64.5 cm³/mol. The molecule has 0 amide bonds. The van der Waals surface area contributed by atoms with E-state index in [4.69, 9.17) is 4.74 Å². The Hall–Kier alpha value is -1.42. The molecule has 16 heavy (non-hydrogen) atoms. The highest BCUT2D eigenvalue weighted by Crippen LogP contribution is 2.26. The second-order valence-corrected chi connectivity index (χ2v) is 4.95. The fraction of sp³-hybridized carbons (Fsp3) is 0.333. The number of carbonyl (C=O) groups is 1. The van der Waals surface area contributed by atoms with Crippen LogP contribution in [0.15, 0.2) is 18.2 Å². The van der Waals surface area contributed by atoms with Crippen LogP contribution in [-0.2, 0) is 9.53 Å². The Bertz CT molecular complexity index is 533. The van der Waals surface area contributed by atoms with Crippen LogP contribution >= 0.6 is 11.3 Å².